The van der Waals surface area contributed by atoms with E-state index in [0.717, 1.165) is 0 Å². The number of cyclic esters (lactones) is 1. The fraction of sp³-hybridized carbons (Fsp3) is 0.158. The fourth-order valence-corrected chi connectivity index (χ4v) is 2.47. The molecule has 0 aromatic heterocycles. The van der Waals surface area contributed by atoms with Gasteiger partial charge in [-0.15, -0.1) is 0 Å². The molecule has 3 rings (SSSR count). The topological polar surface area (TPSA) is 86.6 Å². The Labute approximate surface area is 150 Å². The van der Waals surface area contributed by atoms with Crippen LogP contribution in [0.2, 0.25) is 0 Å². The summed E-state index contributed by atoms with van der Waals surface area (Å²) in [5, 5.41) is 9.33. The Morgan fingerprint density at radius 2 is 1.62 bits per heavy atom. The second-order valence-electron chi connectivity index (χ2n) is 5.34. The molecule has 0 aliphatic carbocycles. The summed E-state index contributed by atoms with van der Waals surface area (Å²) in [5.74, 6) is 1.00. The lowest BCUT2D eigenvalue weighted by Gasteiger charge is -2.13. The largest absolute Gasteiger partial charge is 0.508 e. The first-order chi connectivity index (χ1) is 12.5. The molecule has 0 unspecified atom stereocenters. The van der Waals surface area contributed by atoms with E-state index in [-0.39, 0.29) is 17.3 Å². The number of methoxy groups -OCH3 is 3. The van der Waals surface area contributed by atoms with Crippen molar-refractivity contribution in [2.45, 2.75) is 0 Å². The highest BCUT2D eigenvalue weighted by Crippen LogP contribution is 2.39. The molecule has 134 valence electrons. The Kier molecular flexibility index (Phi) is 4.79. The van der Waals surface area contributed by atoms with Gasteiger partial charge in [-0.05, 0) is 35.9 Å². The zero-order chi connectivity index (χ0) is 18.7. The number of aromatic hydroxyl groups is 1. The van der Waals surface area contributed by atoms with E-state index in [2.05, 4.69) is 4.99 Å². The average Bonchev–Trinajstić information content (AvgIpc) is 3.02. The lowest BCUT2D eigenvalue weighted by atomic mass is 10.1. The Morgan fingerprint density at radius 1 is 1.00 bits per heavy atom. The Balaban J connectivity index is 1.99. The molecule has 0 saturated carbocycles. The van der Waals surface area contributed by atoms with Crippen LogP contribution in [0.1, 0.15) is 11.1 Å². The van der Waals surface area contributed by atoms with Gasteiger partial charge in [0.15, 0.2) is 17.2 Å². The number of aliphatic imine (C=N–C) groups is 1. The molecular formula is C19H17NO6. The number of carbonyl (C=O) groups is 1. The molecule has 7 heteroatoms. The predicted octanol–water partition coefficient (Wildman–Crippen LogP) is 2.76. The number of rotatable bonds is 5. The van der Waals surface area contributed by atoms with Crippen molar-refractivity contribution in [2.24, 2.45) is 4.99 Å². The number of benzene rings is 2. The van der Waals surface area contributed by atoms with Crippen molar-refractivity contribution in [3.63, 3.8) is 0 Å². The van der Waals surface area contributed by atoms with Gasteiger partial charge in [-0.3, -0.25) is 0 Å². The van der Waals surface area contributed by atoms with E-state index in [0.29, 0.717) is 28.4 Å². The van der Waals surface area contributed by atoms with Crippen molar-refractivity contribution < 1.29 is 28.8 Å². The maximum atomic E-state index is 12.1. The van der Waals surface area contributed by atoms with Gasteiger partial charge >= 0.3 is 5.97 Å². The summed E-state index contributed by atoms with van der Waals surface area (Å²) in [5.41, 5.74) is 1.38. The minimum absolute atomic E-state index is 0.138. The molecule has 0 bridgehead atoms. The number of ether oxygens (including phenoxy) is 4. The van der Waals surface area contributed by atoms with Crippen LogP contribution < -0.4 is 14.2 Å². The fourth-order valence-electron chi connectivity index (χ4n) is 2.47. The summed E-state index contributed by atoms with van der Waals surface area (Å²) in [6.07, 6.45) is 1.58. The van der Waals surface area contributed by atoms with Crippen LogP contribution in [0, 0.1) is 0 Å². The number of hydrogen-bond acceptors (Lipinski definition) is 7. The summed E-state index contributed by atoms with van der Waals surface area (Å²) in [4.78, 5) is 16.4. The monoisotopic (exact) mass is 355 g/mol. The van der Waals surface area contributed by atoms with E-state index in [1.54, 1.807) is 30.3 Å². The molecule has 0 fully saturated rings. The van der Waals surface area contributed by atoms with Crippen molar-refractivity contribution in [1.29, 1.82) is 0 Å². The summed E-state index contributed by atoms with van der Waals surface area (Å²) in [7, 11) is 4.51. The zero-order valence-corrected chi connectivity index (χ0v) is 14.5. The molecule has 1 aliphatic rings. The maximum Gasteiger partial charge on any atom is 0.363 e. The lowest BCUT2D eigenvalue weighted by Crippen LogP contribution is -2.06. The number of nitrogens with zero attached hydrogens (tertiary/aromatic N) is 1. The van der Waals surface area contributed by atoms with Crippen LogP contribution in [0.5, 0.6) is 23.0 Å². The van der Waals surface area contributed by atoms with Crippen LogP contribution in [-0.4, -0.2) is 38.3 Å². The number of carbonyl (C=O) groups excluding carboxylic acids is 1. The highest BCUT2D eigenvalue weighted by atomic mass is 16.6. The van der Waals surface area contributed by atoms with E-state index in [1.807, 2.05) is 0 Å². The van der Waals surface area contributed by atoms with Gasteiger partial charge in [0.2, 0.25) is 11.6 Å². The number of esters is 1. The maximum absolute atomic E-state index is 12.1. The molecule has 1 N–H and O–H groups in total. The van der Waals surface area contributed by atoms with Crippen molar-refractivity contribution in [3.8, 4) is 23.0 Å². The highest BCUT2D eigenvalue weighted by Gasteiger charge is 2.26. The molecule has 1 aliphatic heterocycles. The second-order valence-corrected chi connectivity index (χ2v) is 5.34. The van der Waals surface area contributed by atoms with Gasteiger partial charge in [0.05, 0.1) is 21.3 Å². The molecule has 0 saturated heterocycles. The molecule has 7 nitrogen and oxygen atoms in total. The van der Waals surface area contributed by atoms with Crippen LogP contribution in [-0.2, 0) is 9.53 Å². The third-order valence-corrected chi connectivity index (χ3v) is 3.73. The van der Waals surface area contributed by atoms with Crippen LogP contribution in [0.3, 0.4) is 0 Å². The Hall–Kier alpha value is -3.48. The molecular weight excluding hydrogens is 338 g/mol. The number of phenols is 1. The van der Waals surface area contributed by atoms with Crippen molar-refractivity contribution in [1.82, 2.24) is 0 Å². The third kappa shape index (κ3) is 3.32. The SMILES string of the molecule is COc1cc(C2=N/C(=C/c3ccc(O)cc3)C(=O)O2)cc(OC)c1OC. The Morgan fingerprint density at radius 3 is 2.15 bits per heavy atom. The molecule has 2 aromatic carbocycles. The molecule has 2 aromatic rings. The number of hydrogen-bond donors (Lipinski definition) is 1. The first kappa shape index (κ1) is 17.3. The summed E-state index contributed by atoms with van der Waals surface area (Å²) in [6, 6.07) is 9.69. The van der Waals surface area contributed by atoms with Gasteiger partial charge in [-0.1, -0.05) is 12.1 Å². The highest BCUT2D eigenvalue weighted by molar-refractivity contribution is 6.13. The van der Waals surface area contributed by atoms with E-state index < -0.39 is 5.97 Å². The van der Waals surface area contributed by atoms with Crippen LogP contribution in [0.15, 0.2) is 47.1 Å². The summed E-state index contributed by atoms with van der Waals surface area (Å²) < 4.78 is 21.1. The molecule has 1 heterocycles. The van der Waals surface area contributed by atoms with Crippen LogP contribution in [0.25, 0.3) is 6.08 Å². The molecule has 0 atom stereocenters. The predicted molar refractivity (Wildman–Crippen MR) is 94.8 cm³/mol. The van der Waals surface area contributed by atoms with E-state index in [1.165, 1.54) is 33.5 Å². The van der Waals surface area contributed by atoms with Crippen LogP contribution in [0.4, 0.5) is 0 Å². The molecule has 0 spiro atoms. The molecule has 0 amide bonds. The standard InChI is InChI=1S/C19H17NO6/c1-23-15-9-12(10-16(24-2)17(15)25-3)18-20-14(19(22)26-18)8-11-4-6-13(21)7-5-11/h4-10,21H,1-3H3/b14-8+. The summed E-state index contributed by atoms with van der Waals surface area (Å²) >= 11 is 0. The normalized spacial score (nSPS) is 14.8. The second kappa shape index (κ2) is 7.18. The average molecular weight is 355 g/mol. The van der Waals surface area contributed by atoms with E-state index in [4.69, 9.17) is 18.9 Å². The Bertz CT molecular complexity index is 874. The van der Waals surface area contributed by atoms with Gasteiger partial charge in [-0.2, -0.15) is 0 Å². The lowest BCUT2D eigenvalue weighted by molar-refractivity contribution is -0.129. The third-order valence-electron chi connectivity index (χ3n) is 3.73. The van der Waals surface area contributed by atoms with Gasteiger partial charge in [0.1, 0.15) is 5.75 Å². The first-order valence-corrected chi connectivity index (χ1v) is 7.67. The van der Waals surface area contributed by atoms with Gasteiger partial charge in [-0.25, -0.2) is 9.79 Å². The number of phenolic OH excluding ortho intramolecular Hbond substituents is 1. The smallest absolute Gasteiger partial charge is 0.363 e. The van der Waals surface area contributed by atoms with Gasteiger partial charge < -0.3 is 24.1 Å². The zero-order valence-electron chi connectivity index (χ0n) is 14.5. The first-order valence-electron chi connectivity index (χ1n) is 7.67. The van der Waals surface area contributed by atoms with Crippen molar-refractivity contribution in [3.05, 3.63) is 53.2 Å². The van der Waals surface area contributed by atoms with Crippen molar-refractivity contribution in [2.75, 3.05) is 21.3 Å². The summed E-state index contributed by atoms with van der Waals surface area (Å²) in [6.45, 7) is 0. The van der Waals surface area contributed by atoms with Crippen LogP contribution >= 0.6 is 0 Å². The minimum atomic E-state index is -0.568. The van der Waals surface area contributed by atoms with Crippen molar-refractivity contribution >= 4 is 17.9 Å². The van der Waals surface area contributed by atoms with Gasteiger partial charge in [0.25, 0.3) is 0 Å². The van der Waals surface area contributed by atoms with Gasteiger partial charge in [0, 0.05) is 5.56 Å². The van der Waals surface area contributed by atoms with E-state index >= 15 is 0 Å². The minimum Gasteiger partial charge on any atom is -0.508 e. The van der Waals surface area contributed by atoms with E-state index in [9.17, 15) is 9.90 Å². The molecule has 0 radical (unpaired) electrons. The quantitative estimate of drug-likeness (QED) is 0.656. The molecule has 26 heavy (non-hydrogen) atoms.